The number of hydrogen-bond acceptors (Lipinski definition) is 2. The molecule has 2 rings (SSSR count). The van der Waals surface area contributed by atoms with Crippen molar-refractivity contribution in [3.05, 3.63) is 28.8 Å². The largest absolute Gasteiger partial charge is 0.357 e. The summed E-state index contributed by atoms with van der Waals surface area (Å²) in [5, 5.41) is 2.55. The lowest BCUT2D eigenvalue weighted by molar-refractivity contribution is -0.123. The number of carbonyl (C=O) groups excluding carboxylic acids is 1. The SMILES string of the molecule is CNC(=O)C(C)n1c(=S)[nH]c2c(F)cccc21. The van der Waals surface area contributed by atoms with Crippen molar-refractivity contribution in [3.8, 4) is 0 Å². The zero-order valence-electron chi connectivity index (χ0n) is 9.45. The van der Waals surface area contributed by atoms with E-state index in [0.29, 0.717) is 15.8 Å². The molecule has 0 aliphatic heterocycles. The minimum Gasteiger partial charge on any atom is -0.357 e. The minimum atomic E-state index is -0.483. The predicted molar refractivity (Wildman–Crippen MR) is 65.9 cm³/mol. The number of amides is 1. The van der Waals surface area contributed by atoms with Gasteiger partial charge in [0.1, 0.15) is 17.4 Å². The van der Waals surface area contributed by atoms with Crippen LogP contribution >= 0.6 is 12.2 Å². The molecule has 0 radical (unpaired) electrons. The molecule has 0 aliphatic rings. The number of likely N-dealkylation sites (N-methyl/N-ethyl adjacent to an activating group) is 1. The van der Waals surface area contributed by atoms with E-state index < -0.39 is 6.04 Å². The Balaban J connectivity index is 2.70. The van der Waals surface area contributed by atoms with Crippen molar-refractivity contribution >= 4 is 29.2 Å². The second-order valence-electron chi connectivity index (χ2n) is 3.72. The van der Waals surface area contributed by atoms with Crippen LogP contribution in [0.4, 0.5) is 4.39 Å². The molecular weight excluding hydrogens is 241 g/mol. The average molecular weight is 253 g/mol. The summed E-state index contributed by atoms with van der Waals surface area (Å²) >= 11 is 5.12. The van der Waals surface area contributed by atoms with Gasteiger partial charge in [-0.1, -0.05) is 6.07 Å². The van der Waals surface area contributed by atoms with E-state index in [0.717, 1.165) is 0 Å². The van der Waals surface area contributed by atoms with Crippen LogP contribution in [0.1, 0.15) is 13.0 Å². The van der Waals surface area contributed by atoms with Gasteiger partial charge in [0.25, 0.3) is 0 Å². The quantitative estimate of drug-likeness (QED) is 0.806. The zero-order valence-corrected chi connectivity index (χ0v) is 10.3. The second kappa shape index (κ2) is 4.29. The van der Waals surface area contributed by atoms with Gasteiger partial charge in [-0.05, 0) is 31.3 Å². The normalized spacial score (nSPS) is 12.6. The van der Waals surface area contributed by atoms with Crippen molar-refractivity contribution in [1.82, 2.24) is 14.9 Å². The molecule has 1 aromatic heterocycles. The van der Waals surface area contributed by atoms with Gasteiger partial charge in [0.05, 0.1) is 5.52 Å². The lowest BCUT2D eigenvalue weighted by Crippen LogP contribution is -2.27. The van der Waals surface area contributed by atoms with E-state index >= 15 is 0 Å². The average Bonchev–Trinajstić information content (AvgIpc) is 2.65. The number of rotatable bonds is 2. The summed E-state index contributed by atoms with van der Waals surface area (Å²) < 4.78 is 15.5. The molecule has 0 bridgehead atoms. The van der Waals surface area contributed by atoms with Crippen molar-refractivity contribution < 1.29 is 9.18 Å². The fourth-order valence-electron chi connectivity index (χ4n) is 1.82. The number of aromatic amines is 1. The monoisotopic (exact) mass is 253 g/mol. The van der Waals surface area contributed by atoms with Crippen LogP contribution in [0.5, 0.6) is 0 Å². The van der Waals surface area contributed by atoms with E-state index in [4.69, 9.17) is 12.2 Å². The molecular formula is C11H12FN3OS. The summed E-state index contributed by atoms with van der Waals surface area (Å²) in [6.45, 7) is 1.72. The Morgan fingerprint density at radius 2 is 2.29 bits per heavy atom. The molecule has 90 valence electrons. The molecule has 1 unspecified atom stereocenters. The van der Waals surface area contributed by atoms with Gasteiger partial charge < -0.3 is 14.9 Å². The van der Waals surface area contributed by atoms with Crippen molar-refractivity contribution in [2.45, 2.75) is 13.0 Å². The maximum Gasteiger partial charge on any atom is 0.242 e. The number of fused-ring (bicyclic) bond motifs is 1. The highest BCUT2D eigenvalue weighted by molar-refractivity contribution is 7.71. The number of halogens is 1. The highest BCUT2D eigenvalue weighted by Gasteiger charge is 2.18. The number of nitrogens with one attached hydrogen (secondary N) is 2. The molecule has 0 saturated carbocycles. The molecule has 0 saturated heterocycles. The standard InChI is InChI=1S/C11H12FN3OS/c1-6(10(16)13-2)15-8-5-3-4-7(12)9(8)14-11(15)17/h3-6H,1-2H3,(H,13,16)(H,14,17). The molecule has 4 nitrogen and oxygen atoms in total. The first kappa shape index (κ1) is 11.8. The van der Waals surface area contributed by atoms with Crippen molar-refractivity contribution in [2.24, 2.45) is 0 Å². The summed E-state index contributed by atoms with van der Waals surface area (Å²) in [7, 11) is 1.55. The van der Waals surface area contributed by atoms with Crippen LogP contribution in [-0.2, 0) is 4.79 Å². The number of H-pyrrole nitrogens is 1. The van der Waals surface area contributed by atoms with Gasteiger partial charge in [0, 0.05) is 7.05 Å². The summed E-state index contributed by atoms with van der Waals surface area (Å²) in [6.07, 6.45) is 0. The van der Waals surface area contributed by atoms with Crippen LogP contribution in [-0.4, -0.2) is 22.5 Å². The third-order valence-corrected chi connectivity index (χ3v) is 3.01. The number of nitrogens with zero attached hydrogens (tertiary/aromatic N) is 1. The number of imidazole rings is 1. The molecule has 1 atom stereocenters. The first-order chi connectivity index (χ1) is 8.06. The third-order valence-electron chi connectivity index (χ3n) is 2.72. The Bertz CT molecular complexity index is 631. The molecule has 17 heavy (non-hydrogen) atoms. The van der Waals surface area contributed by atoms with Crippen LogP contribution in [0, 0.1) is 10.6 Å². The van der Waals surface area contributed by atoms with Gasteiger partial charge in [0.15, 0.2) is 4.77 Å². The Kier molecular flexibility index (Phi) is 2.97. The molecule has 1 heterocycles. The highest BCUT2D eigenvalue weighted by atomic mass is 32.1. The number of benzene rings is 1. The lowest BCUT2D eigenvalue weighted by Gasteiger charge is -2.12. The maximum absolute atomic E-state index is 13.5. The Morgan fingerprint density at radius 3 is 2.94 bits per heavy atom. The fourth-order valence-corrected chi connectivity index (χ4v) is 2.18. The van der Waals surface area contributed by atoms with E-state index in [1.807, 2.05) is 0 Å². The number of para-hydroxylation sites is 1. The van der Waals surface area contributed by atoms with E-state index in [-0.39, 0.29) is 11.7 Å². The van der Waals surface area contributed by atoms with Crippen LogP contribution in [0.3, 0.4) is 0 Å². The van der Waals surface area contributed by atoms with Crippen molar-refractivity contribution in [3.63, 3.8) is 0 Å². The number of carbonyl (C=O) groups is 1. The molecule has 0 spiro atoms. The molecule has 6 heteroatoms. The van der Waals surface area contributed by atoms with Crippen molar-refractivity contribution in [2.75, 3.05) is 7.05 Å². The molecule has 2 N–H and O–H groups in total. The van der Waals surface area contributed by atoms with Crippen LogP contribution in [0.25, 0.3) is 11.0 Å². The van der Waals surface area contributed by atoms with E-state index in [1.54, 1.807) is 30.7 Å². The van der Waals surface area contributed by atoms with Crippen molar-refractivity contribution in [1.29, 1.82) is 0 Å². The summed E-state index contributed by atoms with van der Waals surface area (Å²) in [5.74, 6) is -0.553. The molecule has 0 fully saturated rings. The van der Waals surface area contributed by atoms with Crippen LogP contribution in [0.2, 0.25) is 0 Å². The Hall–Kier alpha value is -1.69. The van der Waals surface area contributed by atoms with Gasteiger partial charge in [0.2, 0.25) is 5.91 Å². The Labute approximate surface area is 102 Å². The molecule has 0 aliphatic carbocycles. The zero-order chi connectivity index (χ0) is 12.6. The first-order valence-corrected chi connectivity index (χ1v) is 5.57. The lowest BCUT2D eigenvalue weighted by atomic mass is 10.2. The smallest absolute Gasteiger partial charge is 0.242 e. The molecule has 1 amide bonds. The predicted octanol–water partition coefficient (Wildman–Crippen LogP) is 2.14. The van der Waals surface area contributed by atoms with E-state index in [9.17, 15) is 9.18 Å². The summed E-state index contributed by atoms with van der Waals surface area (Å²) in [5.41, 5.74) is 0.916. The van der Waals surface area contributed by atoms with Gasteiger partial charge in [-0.3, -0.25) is 4.79 Å². The topological polar surface area (TPSA) is 49.8 Å². The second-order valence-corrected chi connectivity index (χ2v) is 4.11. The van der Waals surface area contributed by atoms with E-state index in [2.05, 4.69) is 10.3 Å². The highest BCUT2D eigenvalue weighted by Crippen LogP contribution is 2.21. The van der Waals surface area contributed by atoms with Crippen LogP contribution < -0.4 is 5.32 Å². The van der Waals surface area contributed by atoms with Crippen LogP contribution in [0.15, 0.2) is 18.2 Å². The summed E-state index contributed by atoms with van der Waals surface area (Å²) in [4.78, 5) is 14.4. The Morgan fingerprint density at radius 1 is 1.59 bits per heavy atom. The fraction of sp³-hybridized carbons (Fsp3) is 0.273. The number of hydrogen-bond donors (Lipinski definition) is 2. The molecule has 1 aromatic carbocycles. The van der Waals surface area contributed by atoms with E-state index in [1.165, 1.54) is 6.07 Å². The van der Waals surface area contributed by atoms with Gasteiger partial charge in [-0.25, -0.2) is 4.39 Å². The maximum atomic E-state index is 13.5. The van der Waals surface area contributed by atoms with Gasteiger partial charge in [-0.2, -0.15) is 0 Å². The number of aromatic nitrogens is 2. The minimum absolute atomic E-state index is 0.175. The molecule has 2 aromatic rings. The third kappa shape index (κ3) is 1.84. The summed E-state index contributed by atoms with van der Waals surface area (Å²) in [6, 6.07) is 4.18. The first-order valence-electron chi connectivity index (χ1n) is 5.16. The van der Waals surface area contributed by atoms with Gasteiger partial charge in [-0.15, -0.1) is 0 Å². The van der Waals surface area contributed by atoms with Gasteiger partial charge >= 0.3 is 0 Å².